The standard InChI is InChI=1S/C30H19FN2/c31-21-12-16-28-26(18-21)25-17-20(11-15-27(25)32-28)19-9-13-22(14-10-19)33-29-7-3-1-5-23(29)24-6-2-4-8-30(24)33/h1-18,32H. The van der Waals surface area contributed by atoms with E-state index in [0.29, 0.717) is 0 Å². The number of halogens is 1. The number of aromatic amines is 1. The summed E-state index contributed by atoms with van der Waals surface area (Å²) in [5.41, 5.74) is 7.74. The molecule has 2 aromatic heterocycles. The van der Waals surface area contributed by atoms with Crippen LogP contribution in [0.1, 0.15) is 0 Å². The van der Waals surface area contributed by atoms with Crippen molar-refractivity contribution in [2.45, 2.75) is 0 Å². The molecule has 7 aromatic rings. The molecule has 0 unspecified atom stereocenters. The zero-order valence-electron chi connectivity index (χ0n) is 17.7. The third-order valence-electron chi connectivity index (χ3n) is 6.60. The van der Waals surface area contributed by atoms with E-state index in [1.54, 1.807) is 12.1 Å². The topological polar surface area (TPSA) is 20.7 Å². The lowest BCUT2D eigenvalue weighted by Crippen LogP contribution is -1.93. The molecule has 0 saturated carbocycles. The Hall–Kier alpha value is -4.37. The number of para-hydroxylation sites is 2. The molecule has 5 aromatic carbocycles. The van der Waals surface area contributed by atoms with Crippen LogP contribution in [0.2, 0.25) is 0 Å². The van der Waals surface area contributed by atoms with Crippen molar-refractivity contribution in [3.8, 4) is 16.8 Å². The summed E-state index contributed by atoms with van der Waals surface area (Å²) in [7, 11) is 0. The summed E-state index contributed by atoms with van der Waals surface area (Å²) in [5.74, 6) is -0.218. The highest BCUT2D eigenvalue weighted by atomic mass is 19.1. The number of rotatable bonds is 2. The molecular formula is C30H19FN2. The van der Waals surface area contributed by atoms with Crippen LogP contribution in [0.25, 0.3) is 60.4 Å². The van der Waals surface area contributed by atoms with Gasteiger partial charge in [0.1, 0.15) is 5.82 Å². The lowest BCUT2D eigenvalue weighted by molar-refractivity contribution is 0.630. The van der Waals surface area contributed by atoms with E-state index >= 15 is 0 Å². The van der Waals surface area contributed by atoms with Gasteiger partial charge in [0.05, 0.1) is 11.0 Å². The second-order valence-electron chi connectivity index (χ2n) is 8.49. The fourth-order valence-corrected chi connectivity index (χ4v) is 5.05. The van der Waals surface area contributed by atoms with Crippen molar-refractivity contribution >= 4 is 43.6 Å². The van der Waals surface area contributed by atoms with E-state index in [2.05, 4.69) is 101 Å². The quantitative estimate of drug-likeness (QED) is 0.287. The van der Waals surface area contributed by atoms with Gasteiger partial charge in [0, 0.05) is 38.3 Å². The van der Waals surface area contributed by atoms with Crippen LogP contribution in [0.15, 0.2) is 109 Å². The maximum Gasteiger partial charge on any atom is 0.123 e. The molecule has 0 aliphatic heterocycles. The Labute approximate surface area is 189 Å². The Balaban J connectivity index is 1.37. The van der Waals surface area contributed by atoms with Crippen LogP contribution in [0, 0.1) is 5.82 Å². The highest BCUT2D eigenvalue weighted by Gasteiger charge is 2.12. The first kappa shape index (κ1) is 18.2. The number of aromatic nitrogens is 2. The number of fused-ring (bicyclic) bond motifs is 6. The van der Waals surface area contributed by atoms with Gasteiger partial charge in [-0.3, -0.25) is 0 Å². The van der Waals surface area contributed by atoms with Crippen molar-refractivity contribution in [3.05, 3.63) is 115 Å². The predicted octanol–water partition coefficient (Wildman–Crippen LogP) is 8.22. The van der Waals surface area contributed by atoms with Crippen LogP contribution in [-0.4, -0.2) is 9.55 Å². The second-order valence-corrected chi connectivity index (χ2v) is 8.49. The summed E-state index contributed by atoms with van der Waals surface area (Å²) in [5, 5.41) is 4.46. The van der Waals surface area contributed by atoms with Gasteiger partial charge in [0.25, 0.3) is 0 Å². The normalized spacial score (nSPS) is 11.8. The van der Waals surface area contributed by atoms with Crippen molar-refractivity contribution in [1.29, 1.82) is 0 Å². The van der Waals surface area contributed by atoms with Gasteiger partial charge in [-0.05, 0) is 65.7 Å². The fourth-order valence-electron chi connectivity index (χ4n) is 5.05. The summed E-state index contributed by atoms with van der Waals surface area (Å²) >= 11 is 0. The van der Waals surface area contributed by atoms with Crippen LogP contribution in [-0.2, 0) is 0 Å². The monoisotopic (exact) mass is 426 g/mol. The van der Waals surface area contributed by atoms with E-state index in [1.807, 2.05) is 0 Å². The van der Waals surface area contributed by atoms with E-state index in [9.17, 15) is 4.39 Å². The van der Waals surface area contributed by atoms with Gasteiger partial charge >= 0.3 is 0 Å². The van der Waals surface area contributed by atoms with Gasteiger partial charge in [-0.15, -0.1) is 0 Å². The minimum Gasteiger partial charge on any atom is -0.355 e. The molecule has 0 aliphatic rings. The van der Waals surface area contributed by atoms with E-state index < -0.39 is 0 Å². The molecule has 2 nitrogen and oxygen atoms in total. The van der Waals surface area contributed by atoms with E-state index in [-0.39, 0.29) is 5.82 Å². The lowest BCUT2D eigenvalue weighted by atomic mass is 10.0. The maximum absolute atomic E-state index is 13.9. The Morgan fingerprint density at radius 3 is 1.79 bits per heavy atom. The summed E-state index contributed by atoms with van der Waals surface area (Å²) in [6, 6.07) is 37.0. The van der Waals surface area contributed by atoms with Crippen molar-refractivity contribution in [1.82, 2.24) is 9.55 Å². The summed E-state index contributed by atoms with van der Waals surface area (Å²) in [6.45, 7) is 0. The third-order valence-corrected chi connectivity index (χ3v) is 6.60. The maximum atomic E-state index is 13.9. The van der Waals surface area contributed by atoms with E-state index in [4.69, 9.17) is 0 Å². The van der Waals surface area contributed by atoms with Crippen molar-refractivity contribution in [3.63, 3.8) is 0 Å². The zero-order chi connectivity index (χ0) is 21.9. The van der Waals surface area contributed by atoms with Crippen LogP contribution in [0.4, 0.5) is 4.39 Å². The first-order valence-corrected chi connectivity index (χ1v) is 11.1. The first-order valence-electron chi connectivity index (χ1n) is 11.1. The molecule has 7 rings (SSSR count). The molecule has 0 spiro atoms. The average Bonchev–Trinajstić information content (AvgIpc) is 3.39. The molecule has 33 heavy (non-hydrogen) atoms. The predicted molar refractivity (Wildman–Crippen MR) is 136 cm³/mol. The lowest BCUT2D eigenvalue weighted by Gasteiger charge is -2.09. The van der Waals surface area contributed by atoms with E-state index in [0.717, 1.165) is 38.6 Å². The number of benzene rings is 5. The number of hydrogen-bond donors (Lipinski definition) is 1. The smallest absolute Gasteiger partial charge is 0.123 e. The van der Waals surface area contributed by atoms with Crippen molar-refractivity contribution in [2.75, 3.05) is 0 Å². The number of hydrogen-bond acceptors (Lipinski definition) is 0. The number of nitrogens with zero attached hydrogens (tertiary/aromatic N) is 1. The van der Waals surface area contributed by atoms with Gasteiger partial charge in [-0.1, -0.05) is 54.6 Å². The molecule has 0 fully saturated rings. The Kier molecular flexibility index (Phi) is 3.76. The van der Waals surface area contributed by atoms with Crippen molar-refractivity contribution in [2.24, 2.45) is 0 Å². The third kappa shape index (κ3) is 2.72. The summed E-state index contributed by atoms with van der Waals surface area (Å²) in [4.78, 5) is 3.38. The summed E-state index contributed by atoms with van der Waals surface area (Å²) in [6.07, 6.45) is 0. The highest BCUT2D eigenvalue weighted by Crippen LogP contribution is 2.34. The minimum atomic E-state index is -0.218. The fraction of sp³-hybridized carbons (Fsp3) is 0. The van der Waals surface area contributed by atoms with Crippen LogP contribution >= 0.6 is 0 Å². The van der Waals surface area contributed by atoms with Crippen LogP contribution in [0.3, 0.4) is 0 Å². The van der Waals surface area contributed by atoms with Gasteiger partial charge in [0.2, 0.25) is 0 Å². The van der Waals surface area contributed by atoms with Gasteiger partial charge in [-0.25, -0.2) is 4.39 Å². The SMILES string of the molecule is Fc1ccc2[nH]c3ccc(-c4ccc(-n5c6ccccc6c6ccccc65)cc4)cc3c2c1. The van der Waals surface area contributed by atoms with Crippen molar-refractivity contribution < 1.29 is 4.39 Å². The zero-order valence-corrected chi connectivity index (χ0v) is 17.7. The molecule has 0 bridgehead atoms. The number of H-pyrrole nitrogens is 1. The van der Waals surface area contributed by atoms with Crippen LogP contribution < -0.4 is 0 Å². The molecule has 2 heterocycles. The average molecular weight is 426 g/mol. The van der Waals surface area contributed by atoms with Gasteiger partial charge < -0.3 is 9.55 Å². The molecule has 0 amide bonds. The van der Waals surface area contributed by atoms with Crippen LogP contribution in [0.5, 0.6) is 0 Å². The minimum absolute atomic E-state index is 0.218. The highest BCUT2D eigenvalue weighted by molar-refractivity contribution is 6.10. The second kappa shape index (κ2) is 6.81. The Bertz CT molecular complexity index is 1770. The molecule has 0 saturated heterocycles. The first-order chi connectivity index (χ1) is 16.3. The molecule has 1 N–H and O–H groups in total. The largest absolute Gasteiger partial charge is 0.355 e. The molecule has 0 atom stereocenters. The molecular weight excluding hydrogens is 407 g/mol. The number of nitrogens with one attached hydrogen (secondary N) is 1. The molecule has 3 heteroatoms. The Morgan fingerprint density at radius 2 is 1.09 bits per heavy atom. The van der Waals surface area contributed by atoms with Gasteiger partial charge in [0.15, 0.2) is 0 Å². The molecule has 0 aliphatic carbocycles. The van der Waals surface area contributed by atoms with Gasteiger partial charge in [-0.2, -0.15) is 0 Å². The molecule has 0 radical (unpaired) electrons. The molecule has 156 valence electrons. The summed E-state index contributed by atoms with van der Waals surface area (Å²) < 4.78 is 16.2. The van der Waals surface area contributed by atoms with E-state index in [1.165, 1.54) is 27.9 Å². The Morgan fingerprint density at radius 1 is 0.515 bits per heavy atom.